The number of carbonyl (C=O) groups is 1. The van der Waals surface area contributed by atoms with E-state index in [4.69, 9.17) is 5.73 Å². The van der Waals surface area contributed by atoms with Crippen LogP contribution in [0.1, 0.15) is 21.6 Å². The van der Waals surface area contributed by atoms with E-state index in [0.29, 0.717) is 11.2 Å². The van der Waals surface area contributed by atoms with Crippen molar-refractivity contribution in [3.63, 3.8) is 0 Å². The minimum absolute atomic E-state index is 0.0100. The quantitative estimate of drug-likeness (QED) is 0.553. The maximum atomic E-state index is 13.8. The molecule has 162 valence electrons. The van der Waals surface area contributed by atoms with Gasteiger partial charge >= 0.3 is 6.18 Å². The summed E-state index contributed by atoms with van der Waals surface area (Å²) in [6.07, 6.45) is -1.39. The molecule has 4 N–H and O–H groups in total. The number of amides is 1. The summed E-state index contributed by atoms with van der Waals surface area (Å²) in [5.74, 6) is -1.13. The van der Waals surface area contributed by atoms with Crippen molar-refractivity contribution in [2.24, 2.45) is 5.10 Å². The zero-order valence-corrected chi connectivity index (χ0v) is 16.0. The normalized spacial score (nSPS) is 13.2. The second-order valence-electron chi connectivity index (χ2n) is 6.37. The molecule has 0 fully saturated rings. The molecule has 0 saturated heterocycles. The van der Waals surface area contributed by atoms with E-state index in [0.717, 1.165) is 6.20 Å². The minimum atomic E-state index is -4.92. The molecule has 0 aliphatic carbocycles. The summed E-state index contributed by atoms with van der Waals surface area (Å²) in [4.78, 5) is 20.5. The van der Waals surface area contributed by atoms with Gasteiger partial charge in [0.15, 0.2) is 17.3 Å². The lowest BCUT2D eigenvalue weighted by atomic mass is 10.2. The van der Waals surface area contributed by atoms with E-state index in [9.17, 15) is 23.2 Å². The number of carbonyl (C=O) groups excluding carboxylic acids is 1. The predicted molar refractivity (Wildman–Crippen MR) is 107 cm³/mol. The number of rotatable bonds is 4. The van der Waals surface area contributed by atoms with Gasteiger partial charge in [0, 0.05) is 6.21 Å². The van der Waals surface area contributed by atoms with Crippen molar-refractivity contribution >= 4 is 29.4 Å². The lowest BCUT2D eigenvalue weighted by Crippen LogP contribution is -2.29. The van der Waals surface area contributed by atoms with Gasteiger partial charge in [0.1, 0.15) is 17.5 Å². The number of aromatic nitrogens is 4. The summed E-state index contributed by atoms with van der Waals surface area (Å²) in [6.45, 7) is 0.442. The Hall–Kier alpha value is -4.51. The summed E-state index contributed by atoms with van der Waals surface area (Å²) in [6, 6.07) is 7.27. The van der Waals surface area contributed by atoms with Crippen LogP contribution in [-0.4, -0.2) is 38.4 Å². The summed E-state index contributed by atoms with van der Waals surface area (Å²) in [7, 11) is 0. The molecule has 0 aromatic carbocycles. The van der Waals surface area contributed by atoms with Crippen molar-refractivity contribution in [2.45, 2.75) is 6.18 Å². The smallest absolute Gasteiger partial charge is 0.384 e. The van der Waals surface area contributed by atoms with Crippen molar-refractivity contribution in [2.75, 3.05) is 22.7 Å². The van der Waals surface area contributed by atoms with Crippen LogP contribution >= 0.6 is 0 Å². The number of nitrogen functional groups attached to an aromatic ring is 1. The monoisotopic (exact) mass is 442 g/mol. The topological polar surface area (TPSA) is 150 Å². The molecule has 0 radical (unpaired) electrons. The van der Waals surface area contributed by atoms with Gasteiger partial charge in [-0.05, 0) is 18.2 Å². The number of halogens is 3. The first-order valence-corrected chi connectivity index (χ1v) is 8.93. The van der Waals surface area contributed by atoms with Crippen LogP contribution in [0.5, 0.6) is 0 Å². The van der Waals surface area contributed by atoms with Gasteiger partial charge in [-0.2, -0.15) is 33.8 Å². The highest BCUT2D eigenvalue weighted by molar-refractivity contribution is 6.05. The van der Waals surface area contributed by atoms with Gasteiger partial charge in [-0.25, -0.2) is 20.1 Å². The molecule has 1 amide bonds. The number of nitriles is 1. The molecule has 1 aliphatic rings. The number of hydrogen-bond acceptors (Lipinski definition) is 9. The van der Waals surface area contributed by atoms with E-state index in [1.54, 1.807) is 6.21 Å². The number of hydrazine groups is 1. The van der Waals surface area contributed by atoms with Gasteiger partial charge in [0.2, 0.25) is 0 Å². The van der Waals surface area contributed by atoms with Crippen LogP contribution < -0.4 is 21.6 Å². The van der Waals surface area contributed by atoms with Crippen molar-refractivity contribution in [1.82, 2.24) is 25.2 Å². The highest BCUT2D eigenvalue weighted by Crippen LogP contribution is 2.34. The Balaban J connectivity index is 1.67. The molecule has 0 atom stereocenters. The molecule has 32 heavy (non-hydrogen) atoms. The Labute approximate surface area is 177 Å². The van der Waals surface area contributed by atoms with Crippen molar-refractivity contribution < 1.29 is 18.0 Å². The molecule has 0 unspecified atom stereocenters. The molecular weight excluding hydrogens is 429 g/mol. The van der Waals surface area contributed by atoms with Crippen LogP contribution in [0.15, 0.2) is 41.8 Å². The van der Waals surface area contributed by atoms with E-state index < -0.39 is 23.3 Å². The van der Waals surface area contributed by atoms with Gasteiger partial charge in [-0.3, -0.25) is 4.79 Å². The second kappa shape index (κ2) is 7.96. The highest BCUT2D eigenvalue weighted by atomic mass is 19.4. The summed E-state index contributed by atoms with van der Waals surface area (Å²) < 4.78 is 41.9. The Bertz CT molecular complexity index is 1260. The maximum Gasteiger partial charge on any atom is 0.434 e. The molecule has 0 bridgehead atoms. The van der Waals surface area contributed by atoms with E-state index >= 15 is 0 Å². The fourth-order valence-corrected chi connectivity index (χ4v) is 2.91. The molecule has 4 rings (SSSR count). The zero-order chi connectivity index (χ0) is 22.9. The fourth-order valence-electron chi connectivity index (χ4n) is 2.91. The summed E-state index contributed by atoms with van der Waals surface area (Å²) >= 11 is 0. The lowest BCUT2D eigenvalue weighted by molar-refractivity contribution is -0.143. The maximum absolute atomic E-state index is 13.8. The van der Waals surface area contributed by atoms with E-state index in [2.05, 4.69) is 30.9 Å². The summed E-state index contributed by atoms with van der Waals surface area (Å²) in [5.41, 5.74) is 6.38. The number of nitrogens with zero attached hydrogens (tertiary/aromatic N) is 7. The van der Waals surface area contributed by atoms with Gasteiger partial charge in [0.25, 0.3) is 5.91 Å². The number of alkyl halides is 3. The molecule has 3 aromatic heterocycles. The van der Waals surface area contributed by atoms with Crippen LogP contribution in [-0.2, 0) is 6.18 Å². The lowest BCUT2D eigenvalue weighted by Gasteiger charge is -2.15. The van der Waals surface area contributed by atoms with E-state index in [1.807, 2.05) is 6.07 Å². The first kappa shape index (κ1) is 20.8. The highest BCUT2D eigenvalue weighted by Gasteiger charge is 2.41. The van der Waals surface area contributed by atoms with Crippen molar-refractivity contribution in [3.8, 4) is 11.9 Å². The zero-order valence-electron chi connectivity index (χ0n) is 16.0. The first-order valence-electron chi connectivity index (χ1n) is 8.93. The molecule has 3 aromatic rings. The molecule has 0 saturated carbocycles. The second-order valence-corrected chi connectivity index (χ2v) is 6.37. The van der Waals surface area contributed by atoms with Crippen LogP contribution in [0.3, 0.4) is 0 Å². The Morgan fingerprint density at radius 2 is 2.12 bits per heavy atom. The fraction of sp³-hybridized carbons (Fsp3) is 0.111. The van der Waals surface area contributed by atoms with Crippen molar-refractivity contribution in [3.05, 3.63) is 53.5 Å². The van der Waals surface area contributed by atoms with Crippen LogP contribution in [0, 0.1) is 11.3 Å². The van der Waals surface area contributed by atoms with Gasteiger partial charge < -0.3 is 11.1 Å². The number of anilines is 3. The average Bonchev–Trinajstić information content (AvgIpc) is 3.43. The standard InChI is InChI=1S/C18H13F3N10O/c19-18(20,21)15-12(9-27-30(15)14-3-1-2-13(23)29-14)17(32)28-11-6-10(7-22)16(24-8-11)31-25-4-5-26-31/h1-4,6,8-9,26H,5H2,(H2,23,29)(H,28,32). The number of hydrazone groups is 1. The summed E-state index contributed by atoms with van der Waals surface area (Å²) in [5, 5.41) is 20.6. The third-order valence-electron chi connectivity index (χ3n) is 4.23. The van der Waals surface area contributed by atoms with Crippen LogP contribution in [0.25, 0.3) is 5.82 Å². The third-order valence-corrected chi connectivity index (χ3v) is 4.23. The molecular formula is C18H13F3N10O. The van der Waals surface area contributed by atoms with Crippen LogP contribution in [0.4, 0.5) is 30.5 Å². The van der Waals surface area contributed by atoms with E-state index in [-0.39, 0.29) is 28.7 Å². The molecule has 11 nitrogen and oxygen atoms in total. The average molecular weight is 442 g/mol. The number of nitrogens with one attached hydrogen (secondary N) is 2. The Morgan fingerprint density at radius 3 is 2.78 bits per heavy atom. The molecule has 0 spiro atoms. The Morgan fingerprint density at radius 1 is 1.31 bits per heavy atom. The van der Waals surface area contributed by atoms with Gasteiger partial charge in [0.05, 0.1) is 30.2 Å². The van der Waals surface area contributed by atoms with Gasteiger partial charge in [-0.15, -0.1) is 0 Å². The number of nitrogens with two attached hydrogens (primary N) is 1. The third kappa shape index (κ3) is 3.91. The number of hydrogen-bond donors (Lipinski definition) is 3. The SMILES string of the molecule is N#Cc1cc(NC(=O)c2cnn(-c3cccc(N)n3)c2C(F)(F)F)cnc1N1N=CCN1. The number of pyridine rings is 2. The molecule has 4 heterocycles. The largest absolute Gasteiger partial charge is 0.434 e. The van der Waals surface area contributed by atoms with Crippen molar-refractivity contribution in [1.29, 1.82) is 5.26 Å². The van der Waals surface area contributed by atoms with E-state index in [1.165, 1.54) is 35.6 Å². The predicted octanol–water partition coefficient (Wildman–Crippen LogP) is 1.70. The first-order chi connectivity index (χ1) is 15.3. The molecule has 14 heteroatoms. The molecule has 1 aliphatic heterocycles. The minimum Gasteiger partial charge on any atom is -0.384 e. The van der Waals surface area contributed by atoms with Crippen LogP contribution in [0.2, 0.25) is 0 Å². The Kier molecular flexibility index (Phi) is 5.16. The van der Waals surface area contributed by atoms with Gasteiger partial charge in [-0.1, -0.05) is 6.07 Å².